The molecule has 2 amide bonds. The van der Waals surface area contributed by atoms with Crippen molar-refractivity contribution in [1.82, 2.24) is 20.3 Å². The Morgan fingerprint density at radius 1 is 1.06 bits per heavy atom. The van der Waals surface area contributed by atoms with Gasteiger partial charge in [-0.2, -0.15) is 12.8 Å². The van der Waals surface area contributed by atoms with E-state index in [0.717, 1.165) is 42.8 Å². The molecular formula is C24H24N6O4S2. The summed E-state index contributed by atoms with van der Waals surface area (Å²) in [6.45, 7) is 0. The van der Waals surface area contributed by atoms with E-state index < -0.39 is 15.3 Å². The molecule has 3 aromatic rings. The number of anilines is 1. The van der Waals surface area contributed by atoms with E-state index >= 15 is 0 Å². The molecule has 2 N–H and O–H groups in total. The maximum absolute atomic E-state index is 12.9. The lowest BCUT2D eigenvalue weighted by atomic mass is 9.87. The smallest absolute Gasteiger partial charge is 0.286 e. The fourth-order valence-electron chi connectivity index (χ4n) is 4.40. The van der Waals surface area contributed by atoms with Crippen LogP contribution in [0, 0.1) is 5.92 Å². The van der Waals surface area contributed by atoms with Crippen LogP contribution < -0.4 is 10.6 Å². The van der Waals surface area contributed by atoms with Gasteiger partial charge in [0.05, 0.1) is 10.8 Å². The third-order valence-electron chi connectivity index (χ3n) is 6.26. The van der Waals surface area contributed by atoms with Gasteiger partial charge in [-0.15, -0.1) is 0 Å². The van der Waals surface area contributed by atoms with Gasteiger partial charge in [0, 0.05) is 42.2 Å². The van der Waals surface area contributed by atoms with Crippen molar-refractivity contribution in [2.45, 2.75) is 48.3 Å². The fraction of sp³-hybridized carbons (Fsp3) is 0.333. The van der Waals surface area contributed by atoms with Crippen molar-refractivity contribution in [1.29, 1.82) is 0 Å². The molecule has 0 spiro atoms. The Bertz CT molecular complexity index is 1430. The highest BCUT2D eigenvalue weighted by Crippen LogP contribution is 2.27. The lowest BCUT2D eigenvalue weighted by Crippen LogP contribution is -2.28. The maximum atomic E-state index is 12.9. The minimum Gasteiger partial charge on any atom is -0.351 e. The summed E-state index contributed by atoms with van der Waals surface area (Å²) in [6.07, 6.45) is 8.31. The van der Waals surface area contributed by atoms with Gasteiger partial charge < -0.3 is 5.32 Å². The third kappa shape index (κ3) is 5.54. The zero-order valence-electron chi connectivity index (χ0n) is 19.2. The van der Waals surface area contributed by atoms with Crippen LogP contribution in [0.15, 0.2) is 58.1 Å². The number of para-hydroxylation sites is 1. The van der Waals surface area contributed by atoms with Crippen molar-refractivity contribution >= 4 is 56.0 Å². The molecule has 5 rings (SSSR count). The molecule has 1 unspecified atom stereocenters. The zero-order valence-corrected chi connectivity index (χ0v) is 20.8. The van der Waals surface area contributed by atoms with Crippen LogP contribution in [0.3, 0.4) is 0 Å². The minimum absolute atomic E-state index is 0.0588. The van der Waals surface area contributed by atoms with Crippen LogP contribution in [-0.2, 0) is 21.2 Å². The first-order valence-electron chi connectivity index (χ1n) is 11.6. The lowest BCUT2D eigenvalue weighted by molar-refractivity contribution is -0.118. The highest BCUT2D eigenvalue weighted by molar-refractivity contribution is 8.15. The number of thioether (sulfide) groups is 1. The number of pyridine rings is 1. The summed E-state index contributed by atoms with van der Waals surface area (Å²) >= 11 is 0.976. The summed E-state index contributed by atoms with van der Waals surface area (Å²) in [5, 5.41) is 5.57. The molecule has 186 valence electrons. The Morgan fingerprint density at radius 3 is 2.64 bits per heavy atom. The van der Waals surface area contributed by atoms with Crippen LogP contribution in [0.1, 0.15) is 31.4 Å². The van der Waals surface area contributed by atoms with E-state index in [1.165, 1.54) is 6.07 Å². The minimum atomic E-state index is -3.85. The SMILES string of the molecule is O=C1NC(=O)C(Cc2ccnc(NC3CCC(/C=N/S(=O)(=O)c4cccc5cccnc45)CC3)n2)S1. The van der Waals surface area contributed by atoms with E-state index in [0.29, 0.717) is 23.6 Å². The van der Waals surface area contributed by atoms with Crippen LogP contribution in [0.4, 0.5) is 10.7 Å². The van der Waals surface area contributed by atoms with Crippen LogP contribution in [-0.4, -0.2) is 52.0 Å². The van der Waals surface area contributed by atoms with Gasteiger partial charge in [0.15, 0.2) is 0 Å². The molecule has 1 atom stereocenters. The summed E-state index contributed by atoms with van der Waals surface area (Å²) < 4.78 is 29.7. The first kappa shape index (κ1) is 24.3. The summed E-state index contributed by atoms with van der Waals surface area (Å²) in [5.74, 6) is 0.241. The molecule has 1 aromatic carbocycles. The van der Waals surface area contributed by atoms with Gasteiger partial charge in [-0.3, -0.25) is 19.9 Å². The molecular weight excluding hydrogens is 500 g/mol. The standard InChI is InChI=1S/C24H24N6O4S2/c31-22-19(35-24(32)30-22)13-18-10-12-26-23(29-18)28-17-8-6-15(7-9-17)14-27-36(33,34)20-5-1-3-16-4-2-11-25-21(16)20/h1-5,10-12,14-15,17,19H,6-9,13H2,(H,26,28,29)(H,30,31,32)/b27-14+. The third-order valence-corrected chi connectivity index (χ3v) is 8.53. The molecule has 1 aliphatic carbocycles. The molecule has 1 saturated carbocycles. The van der Waals surface area contributed by atoms with Crippen LogP contribution in [0.2, 0.25) is 0 Å². The number of hydrogen-bond donors (Lipinski definition) is 2. The molecule has 1 aliphatic heterocycles. The zero-order chi connectivity index (χ0) is 25.1. The van der Waals surface area contributed by atoms with E-state index in [1.54, 1.807) is 36.8 Å². The van der Waals surface area contributed by atoms with Crippen molar-refractivity contribution in [2.75, 3.05) is 5.32 Å². The quantitative estimate of drug-likeness (QED) is 0.445. The van der Waals surface area contributed by atoms with E-state index in [4.69, 9.17) is 0 Å². The second-order valence-electron chi connectivity index (χ2n) is 8.78. The van der Waals surface area contributed by atoms with Crippen LogP contribution in [0.5, 0.6) is 0 Å². The second kappa shape index (κ2) is 10.3. The average molecular weight is 525 g/mol. The number of benzene rings is 1. The van der Waals surface area contributed by atoms with E-state index in [9.17, 15) is 18.0 Å². The first-order chi connectivity index (χ1) is 17.4. The lowest BCUT2D eigenvalue weighted by Gasteiger charge is -2.27. The Hall–Kier alpha value is -3.38. The van der Waals surface area contributed by atoms with Crippen LogP contribution in [0.25, 0.3) is 10.9 Å². The Morgan fingerprint density at radius 2 is 1.86 bits per heavy atom. The van der Waals surface area contributed by atoms with Crippen molar-refractivity contribution in [3.63, 3.8) is 0 Å². The molecule has 36 heavy (non-hydrogen) atoms. The average Bonchev–Trinajstić information content (AvgIpc) is 3.19. The predicted octanol–water partition coefficient (Wildman–Crippen LogP) is 3.35. The summed E-state index contributed by atoms with van der Waals surface area (Å²) in [7, 11) is -3.85. The van der Waals surface area contributed by atoms with Gasteiger partial charge in [0.1, 0.15) is 4.90 Å². The molecule has 10 nitrogen and oxygen atoms in total. The monoisotopic (exact) mass is 524 g/mol. The summed E-state index contributed by atoms with van der Waals surface area (Å²) in [4.78, 5) is 36.3. The number of nitrogens with one attached hydrogen (secondary N) is 2. The van der Waals surface area contributed by atoms with Crippen molar-refractivity contribution in [3.05, 3.63) is 54.5 Å². The normalized spacial score (nSPS) is 22.7. The van der Waals surface area contributed by atoms with Crippen molar-refractivity contribution in [2.24, 2.45) is 10.3 Å². The maximum Gasteiger partial charge on any atom is 0.286 e. The Labute approximate surface area is 212 Å². The van der Waals surface area contributed by atoms with Gasteiger partial charge >= 0.3 is 0 Å². The highest BCUT2D eigenvalue weighted by atomic mass is 32.2. The van der Waals surface area contributed by atoms with E-state index in [1.807, 2.05) is 12.1 Å². The van der Waals surface area contributed by atoms with Crippen LogP contribution >= 0.6 is 11.8 Å². The number of fused-ring (bicyclic) bond motifs is 1. The number of rotatable bonds is 7. The first-order valence-corrected chi connectivity index (χ1v) is 13.9. The Kier molecular flexibility index (Phi) is 6.97. The Balaban J connectivity index is 1.17. The largest absolute Gasteiger partial charge is 0.351 e. The number of nitrogens with zero attached hydrogens (tertiary/aromatic N) is 4. The van der Waals surface area contributed by atoms with Crippen molar-refractivity contribution < 1.29 is 18.0 Å². The molecule has 1 saturated heterocycles. The number of hydrogen-bond acceptors (Lipinski definition) is 9. The van der Waals surface area contributed by atoms with Gasteiger partial charge in [-0.05, 0) is 49.8 Å². The molecule has 0 bridgehead atoms. The van der Waals surface area contributed by atoms with Gasteiger partial charge in [-0.25, -0.2) is 9.97 Å². The molecule has 0 radical (unpaired) electrons. The molecule has 12 heteroatoms. The fourth-order valence-corrected chi connectivity index (χ4v) is 6.35. The summed E-state index contributed by atoms with van der Waals surface area (Å²) in [6, 6.07) is 10.5. The molecule has 3 heterocycles. The number of imide groups is 1. The van der Waals surface area contributed by atoms with Crippen molar-refractivity contribution in [3.8, 4) is 0 Å². The topological polar surface area (TPSA) is 143 Å². The van der Waals surface area contributed by atoms with E-state index in [2.05, 4.69) is 30.0 Å². The number of amides is 2. The number of aromatic nitrogens is 3. The predicted molar refractivity (Wildman–Crippen MR) is 137 cm³/mol. The van der Waals surface area contributed by atoms with Gasteiger partial charge in [0.2, 0.25) is 11.9 Å². The van der Waals surface area contributed by atoms with Gasteiger partial charge in [-0.1, -0.05) is 30.0 Å². The number of carbonyl (C=O) groups is 2. The molecule has 2 fully saturated rings. The molecule has 2 aliphatic rings. The second-order valence-corrected chi connectivity index (χ2v) is 11.6. The number of carbonyl (C=O) groups excluding carboxylic acids is 2. The highest BCUT2D eigenvalue weighted by Gasteiger charge is 2.32. The molecule has 2 aromatic heterocycles. The van der Waals surface area contributed by atoms with E-state index in [-0.39, 0.29) is 28.0 Å². The van der Waals surface area contributed by atoms with Gasteiger partial charge in [0.25, 0.3) is 15.3 Å². The summed E-state index contributed by atoms with van der Waals surface area (Å²) in [5.41, 5.74) is 1.11. The number of sulfonamides is 1.